The highest BCUT2D eigenvalue weighted by molar-refractivity contribution is 6.74. The number of methoxy groups -OCH3 is 1. The molecule has 2 bridgehead atoms. The fourth-order valence-corrected chi connectivity index (χ4v) is 8.02. The van der Waals surface area contributed by atoms with Gasteiger partial charge in [0.1, 0.15) is 0 Å². The van der Waals surface area contributed by atoms with E-state index in [1.54, 1.807) is 7.11 Å². The SMILES string of the molecule is COC(=O)[C@@]12C[C@@]13CC[C@@H]1[C@H]3C[C@@H]2CC[C@H]1O[Si](C)(C)C(C)(C)C. The van der Waals surface area contributed by atoms with Gasteiger partial charge in [-0.15, -0.1) is 0 Å². The van der Waals surface area contributed by atoms with Crippen molar-refractivity contribution in [2.75, 3.05) is 7.11 Å². The lowest BCUT2D eigenvalue weighted by atomic mass is 9.82. The molecule has 4 saturated carbocycles. The van der Waals surface area contributed by atoms with E-state index >= 15 is 0 Å². The Morgan fingerprint density at radius 3 is 2.50 bits per heavy atom. The van der Waals surface area contributed by atoms with E-state index in [1.165, 1.54) is 19.3 Å². The third kappa shape index (κ3) is 1.90. The van der Waals surface area contributed by atoms with Crippen LogP contribution in [0, 0.1) is 28.6 Å². The van der Waals surface area contributed by atoms with Crippen LogP contribution in [0.1, 0.15) is 59.3 Å². The van der Waals surface area contributed by atoms with Crippen molar-refractivity contribution in [2.45, 2.75) is 83.5 Å². The molecule has 0 saturated heterocycles. The van der Waals surface area contributed by atoms with Crippen molar-refractivity contribution in [3.8, 4) is 0 Å². The van der Waals surface area contributed by atoms with Crippen molar-refractivity contribution < 1.29 is 14.0 Å². The summed E-state index contributed by atoms with van der Waals surface area (Å²) in [5.74, 6) is 2.03. The zero-order chi connectivity index (χ0) is 17.5. The quantitative estimate of drug-likeness (QED) is 0.543. The van der Waals surface area contributed by atoms with Crippen LogP contribution in [0.3, 0.4) is 0 Å². The van der Waals surface area contributed by atoms with Crippen LogP contribution in [0.5, 0.6) is 0 Å². The Balaban J connectivity index is 1.59. The first-order valence-corrected chi connectivity index (χ1v) is 12.8. The van der Waals surface area contributed by atoms with Crippen molar-refractivity contribution >= 4 is 14.3 Å². The molecule has 4 rings (SSSR count). The summed E-state index contributed by atoms with van der Waals surface area (Å²) >= 11 is 0. The fraction of sp³-hybridized carbons (Fsp3) is 0.950. The van der Waals surface area contributed by atoms with Gasteiger partial charge in [-0.2, -0.15) is 0 Å². The lowest BCUT2D eigenvalue weighted by molar-refractivity contribution is -0.150. The summed E-state index contributed by atoms with van der Waals surface area (Å²) in [4.78, 5) is 12.6. The van der Waals surface area contributed by atoms with E-state index in [2.05, 4.69) is 33.9 Å². The third-order valence-corrected chi connectivity index (χ3v) is 13.3. The Hall–Kier alpha value is -0.353. The van der Waals surface area contributed by atoms with Crippen LogP contribution < -0.4 is 0 Å². The second kappa shape index (κ2) is 4.88. The van der Waals surface area contributed by atoms with Gasteiger partial charge >= 0.3 is 5.97 Å². The average molecular weight is 351 g/mol. The third-order valence-electron chi connectivity index (χ3n) is 8.82. The molecular formula is C20H34O3Si. The molecule has 0 radical (unpaired) electrons. The molecule has 6 atom stereocenters. The minimum absolute atomic E-state index is 0.0967. The highest BCUT2D eigenvalue weighted by Gasteiger charge is 2.84. The summed E-state index contributed by atoms with van der Waals surface area (Å²) in [6, 6.07) is 0. The molecule has 136 valence electrons. The van der Waals surface area contributed by atoms with Gasteiger partial charge < -0.3 is 9.16 Å². The van der Waals surface area contributed by atoms with E-state index in [1.807, 2.05) is 0 Å². The van der Waals surface area contributed by atoms with Gasteiger partial charge in [-0.1, -0.05) is 20.8 Å². The first kappa shape index (κ1) is 17.1. The first-order chi connectivity index (χ1) is 11.1. The summed E-state index contributed by atoms with van der Waals surface area (Å²) < 4.78 is 12.2. The maximum atomic E-state index is 12.6. The Bertz CT molecular complexity index is 566. The molecule has 0 aliphatic heterocycles. The fourth-order valence-electron chi connectivity index (χ4n) is 6.62. The molecule has 24 heavy (non-hydrogen) atoms. The number of esters is 1. The Morgan fingerprint density at radius 1 is 1.17 bits per heavy atom. The van der Waals surface area contributed by atoms with Gasteiger partial charge in [-0.05, 0) is 79.8 Å². The maximum Gasteiger partial charge on any atom is 0.312 e. The van der Waals surface area contributed by atoms with Gasteiger partial charge in [0.25, 0.3) is 0 Å². The second-order valence-corrected chi connectivity index (χ2v) is 15.3. The van der Waals surface area contributed by atoms with Crippen LogP contribution in [0.25, 0.3) is 0 Å². The maximum absolute atomic E-state index is 12.6. The molecule has 3 nitrogen and oxygen atoms in total. The Labute approximate surface area is 148 Å². The lowest BCUT2D eigenvalue weighted by Gasteiger charge is -2.42. The standard InChI is InChI=1S/C20H34O3Si/c1-18(2,3)24(5,6)23-16-8-7-13-11-15-14(16)9-10-19(15)12-20(13,19)17(21)22-4/h13-16H,7-12H2,1-6H3/t13-,14+,15+,16+,19+,20-/m0/s1. The molecule has 4 heteroatoms. The smallest absolute Gasteiger partial charge is 0.312 e. The normalized spacial score (nSPS) is 46.4. The predicted octanol–water partition coefficient (Wildman–Crippen LogP) is 4.77. The van der Waals surface area contributed by atoms with Crippen LogP contribution in [-0.2, 0) is 14.0 Å². The Morgan fingerprint density at radius 2 is 1.88 bits per heavy atom. The van der Waals surface area contributed by atoms with E-state index in [-0.39, 0.29) is 21.8 Å². The summed E-state index contributed by atoms with van der Waals surface area (Å²) in [7, 11) is -0.153. The molecule has 0 aromatic carbocycles. The number of ether oxygens (including phenoxy) is 1. The molecule has 0 aromatic rings. The molecule has 0 heterocycles. The minimum atomic E-state index is -1.73. The Kier molecular flexibility index (Phi) is 3.47. The van der Waals surface area contributed by atoms with Gasteiger partial charge in [-0.25, -0.2) is 0 Å². The predicted molar refractivity (Wildman–Crippen MR) is 97.1 cm³/mol. The van der Waals surface area contributed by atoms with Gasteiger partial charge in [0.15, 0.2) is 8.32 Å². The van der Waals surface area contributed by atoms with Gasteiger partial charge in [0, 0.05) is 6.10 Å². The van der Waals surface area contributed by atoms with E-state index in [0.29, 0.717) is 23.9 Å². The largest absolute Gasteiger partial charge is 0.469 e. The van der Waals surface area contributed by atoms with Crippen LogP contribution >= 0.6 is 0 Å². The van der Waals surface area contributed by atoms with Crippen LogP contribution in [0.15, 0.2) is 0 Å². The van der Waals surface area contributed by atoms with Gasteiger partial charge in [0.2, 0.25) is 0 Å². The highest BCUT2D eigenvalue weighted by Crippen LogP contribution is 2.85. The van der Waals surface area contributed by atoms with Crippen molar-refractivity contribution in [2.24, 2.45) is 28.6 Å². The van der Waals surface area contributed by atoms with Crippen molar-refractivity contribution in [3.63, 3.8) is 0 Å². The van der Waals surface area contributed by atoms with E-state index in [9.17, 15) is 4.79 Å². The number of hydrogen-bond acceptors (Lipinski definition) is 3. The van der Waals surface area contributed by atoms with Gasteiger partial charge in [-0.3, -0.25) is 4.79 Å². The molecule has 4 aliphatic carbocycles. The highest BCUT2D eigenvalue weighted by atomic mass is 28.4. The van der Waals surface area contributed by atoms with Gasteiger partial charge in [0.05, 0.1) is 12.5 Å². The topological polar surface area (TPSA) is 35.5 Å². The number of fused-ring (bicyclic) bond motifs is 2. The number of rotatable bonds is 3. The minimum Gasteiger partial charge on any atom is -0.469 e. The molecule has 0 N–H and O–H groups in total. The van der Waals surface area contributed by atoms with Crippen LogP contribution in [0.4, 0.5) is 0 Å². The average Bonchev–Trinajstić information content (AvgIpc) is 2.94. The van der Waals surface area contributed by atoms with Crippen molar-refractivity contribution in [1.29, 1.82) is 0 Å². The summed E-state index contributed by atoms with van der Waals surface area (Å²) in [5, 5.41) is 0.268. The summed E-state index contributed by atoms with van der Waals surface area (Å²) in [6.45, 7) is 11.8. The molecular weight excluding hydrogens is 316 g/mol. The van der Waals surface area contributed by atoms with Crippen LogP contribution in [0.2, 0.25) is 18.1 Å². The van der Waals surface area contributed by atoms with Crippen molar-refractivity contribution in [3.05, 3.63) is 0 Å². The lowest BCUT2D eigenvalue weighted by Crippen LogP contribution is -2.46. The second-order valence-electron chi connectivity index (χ2n) is 10.5. The number of carbonyl (C=O) groups excluding carboxylic acids is 1. The van der Waals surface area contributed by atoms with E-state index < -0.39 is 8.32 Å². The first-order valence-electron chi connectivity index (χ1n) is 9.85. The molecule has 1 spiro atoms. The van der Waals surface area contributed by atoms with E-state index in [4.69, 9.17) is 9.16 Å². The summed E-state index contributed by atoms with van der Waals surface area (Å²) in [5.41, 5.74) is 0.175. The molecule has 0 unspecified atom stereocenters. The van der Waals surface area contributed by atoms with Crippen molar-refractivity contribution in [1.82, 2.24) is 0 Å². The molecule has 0 aromatic heterocycles. The zero-order valence-electron chi connectivity index (χ0n) is 16.3. The van der Waals surface area contributed by atoms with E-state index in [0.717, 1.165) is 19.3 Å². The number of hydrogen-bond donors (Lipinski definition) is 0. The molecule has 0 amide bonds. The summed E-state index contributed by atoms with van der Waals surface area (Å²) in [6.07, 6.45) is 7.57. The molecule has 4 fully saturated rings. The molecule has 4 aliphatic rings. The van der Waals surface area contributed by atoms with Crippen LogP contribution in [-0.4, -0.2) is 27.5 Å². The zero-order valence-corrected chi connectivity index (χ0v) is 17.3. The number of carbonyl (C=O) groups is 1. The monoisotopic (exact) mass is 350 g/mol.